The van der Waals surface area contributed by atoms with Crippen molar-refractivity contribution in [2.75, 3.05) is 0 Å². The van der Waals surface area contributed by atoms with E-state index in [-0.39, 0.29) is 12.5 Å². The third kappa shape index (κ3) is 3.65. The van der Waals surface area contributed by atoms with Crippen LogP contribution in [-0.2, 0) is 6.54 Å². The van der Waals surface area contributed by atoms with E-state index >= 15 is 0 Å². The minimum absolute atomic E-state index is 0.187. The maximum Gasteiger partial charge on any atom is 0.251 e. The van der Waals surface area contributed by atoms with Crippen LogP contribution in [0.25, 0.3) is 11.4 Å². The first-order valence-corrected chi connectivity index (χ1v) is 7.85. The molecule has 116 valence electrons. The van der Waals surface area contributed by atoms with E-state index in [1.54, 1.807) is 12.1 Å². The van der Waals surface area contributed by atoms with Crippen LogP contribution in [-0.4, -0.2) is 16.0 Å². The predicted octanol–water partition coefficient (Wildman–Crippen LogP) is 3.74. The molecule has 0 bridgehead atoms. The normalized spacial score (nSPS) is 10.5. The maximum atomic E-state index is 12.0. The van der Waals surface area contributed by atoms with Crippen LogP contribution in [0, 0.1) is 6.92 Å². The van der Waals surface area contributed by atoms with Gasteiger partial charge < -0.3 is 9.84 Å². The topological polar surface area (TPSA) is 68.0 Å². The lowest BCUT2D eigenvalue weighted by Crippen LogP contribution is -2.22. The zero-order valence-corrected chi connectivity index (χ0v) is 14.0. The summed E-state index contributed by atoms with van der Waals surface area (Å²) in [5.41, 5.74) is 2.56. The van der Waals surface area contributed by atoms with Gasteiger partial charge in [0.15, 0.2) is 0 Å². The SMILES string of the molecule is Cc1ccccc1-c1noc(CNC(=O)c2ccc(Br)cc2)n1. The number of halogens is 1. The number of benzene rings is 2. The Bertz CT molecular complexity index is 828. The number of nitrogens with one attached hydrogen (secondary N) is 1. The number of rotatable bonds is 4. The number of nitrogens with zero attached hydrogens (tertiary/aromatic N) is 2. The van der Waals surface area contributed by atoms with E-state index in [2.05, 4.69) is 31.4 Å². The van der Waals surface area contributed by atoms with Crippen molar-refractivity contribution in [2.45, 2.75) is 13.5 Å². The largest absolute Gasteiger partial charge is 0.343 e. The molecule has 0 atom stereocenters. The van der Waals surface area contributed by atoms with Crippen LogP contribution in [0.3, 0.4) is 0 Å². The van der Waals surface area contributed by atoms with E-state index in [1.807, 2.05) is 43.3 Å². The zero-order chi connectivity index (χ0) is 16.2. The quantitative estimate of drug-likeness (QED) is 0.758. The minimum atomic E-state index is -0.187. The van der Waals surface area contributed by atoms with Crippen LogP contribution in [0.1, 0.15) is 21.8 Å². The van der Waals surface area contributed by atoms with Crippen molar-refractivity contribution in [3.8, 4) is 11.4 Å². The van der Waals surface area contributed by atoms with Crippen molar-refractivity contribution in [2.24, 2.45) is 0 Å². The second-order valence-electron chi connectivity index (χ2n) is 5.02. The summed E-state index contributed by atoms with van der Waals surface area (Å²) in [4.78, 5) is 16.4. The monoisotopic (exact) mass is 371 g/mol. The van der Waals surface area contributed by atoms with Gasteiger partial charge >= 0.3 is 0 Å². The molecule has 3 aromatic rings. The van der Waals surface area contributed by atoms with Crippen molar-refractivity contribution in [3.05, 3.63) is 70.0 Å². The lowest BCUT2D eigenvalue weighted by Gasteiger charge is -2.02. The number of hydrogen-bond donors (Lipinski definition) is 1. The first-order chi connectivity index (χ1) is 11.1. The van der Waals surface area contributed by atoms with Gasteiger partial charge in [-0.25, -0.2) is 0 Å². The average molecular weight is 372 g/mol. The molecule has 5 nitrogen and oxygen atoms in total. The molecular formula is C17H14BrN3O2. The van der Waals surface area contributed by atoms with Gasteiger partial charge in [-0.3, -0.25) is 4.79 Å². The van der Waals surface area contributed by atoms with Crippen molar-refractivity contribution < 1.29 is 9.32 Å². The molecule has 0 spiro atoms. The van der Waals surface area contributed by atoms with Gasteiger partial charge in [-0.1, -0.05) is 45.4 Å². The highest BCUT2D eigenvalue weighted by Gasteiger charge is 2.12. The standard InChI is InChI=1S/C17H14BrN3O2/c1-11-4-2-3-5-14(11)16-20-15(23-21-16)10-19-17(22)12-6-8-13(18)9-7-12/h2-9H,10H2,1H3,(H,19,22). The molecule has 0 fully saturated rings. The second-order valence-corrected chi connectivity index (χ2v) is 5.93. The van der Waals surface area contributed by atoms with E-state index in [0.717, 1.165) is 15.6 Å². The summed E-state index contributed by atoms with van der Waals surface area (Å²) in [5.74, 6) is 0.706. The summed E-state index contributed by atoms with van der Waals surface area (Å²) in [6, 6.07) is 14.9. The molecule has 6 heteroatoms. The molecule has 23 heavy (non-hydrogen) atoms. The highest BCUT2D eigenvalue weighted by Crippen LogP contribution is 2.19. The Kier molecular flexibility index (Phi) is 4.52. The third-order valence-electron chi connectivity index (χ3n) is 3.36. The Balaban J connectivity index is 1.67. The van der Waals surface area contributed by atoms with Gasteiger partial charge in [-0.05, 0) is 36.8 Å². The van der Waals surface area contributed by atoms with Gasteiger partial charge in [0.25, 0.3) is 5.91 Å². The first kappa shape index (κ1) is 15.4. The highest BCUT2D eigenvalue weighted by atomic mass is 79.9. The number of aromatic nitrogens is 2. The summed E-state index contributed by atoms with van der Waals surface area (Å²) in [7, 11) is 0. The molecule has 0 aliphatic heterocycles. The number of carbonyl (C=O) groups excluding carboxylic acids is 1. The van der Waals surface area contributed by atoms with Crippen molar-refractivity contribution in [1.82, 2.24) is 15.5 Å². The van der Waals surface area contributed by atoms with Crippen molar-refractivity contribution in [1.29, 1.82) is 0 Å². The Labute approximate surface area is 141 Å². The predicted molar refractivity (Wildman–Crippen MR) is 89.8 cm³/mol. The Hall–Kier alpha value is -2.47. The zero-order valence-electron chi connectivity index (χ0n) is 12.4. The number of carbonyl (C=O) groups is 1. The molecule has 1 heterocycles. The molecule has 1 aromatic heterocycles. The summed E-state index contributed by atoms with van der Waals surface area (Å²) in [6.07, 6.45) is 0. The third-order valence-corrected chi connectivity index (χ3v) is 3.89. The molecule has 0 aliphatic rings. The van der Waals surface area contributed by atoms with Crippen molar-refractivity contribution >= 4 is 21.8 Å². The lowest BCUT2D eigenvalue weighted by atomic mass is 10.1. The fourth-order valence-electron chi connectivity index (χ4n) is 2.12. The molecule has 1 amide bonds. The summed E-state index contributed by atoms with van der Waals surface area (Å²) >= 11 is 3.34. The maximum absolute atomic E-state index is 12.0. The van der Waals surface area contributed by atoms with E-state index in [4.69, 9.17) is 4.52 Å². The van der Waals surface area contributed by atoms with Crippen LogP contribution in [0.2, 0.25) is 0 Å². The summed E-state index contributed by atoms with van der Waals surface area (Å²) in [6.45, 7) is 2.18. The van der Waals surface area contributed by atoms with E-state index in [9.17, 15) is 4.79 Å². The van der Waals surface area contributed by atoms with E-state index in [0.29, 0.717) is 17.3 Å². The Morgan fingerprint density at radius 2 is 1.91 bits per heavy atom. The van der Waals surface area contributed by atoms with Crippen LogP contribution in [0.4, 0.5) is 0 Å². The van der Waals surface area contributed by atoms with Gasteiger partial charge in [0.05, 0.1) is 6.54 Å². The van der Waals surface area contributed by atoms with Gasteiger partial charge in [0.1, 0.15) is 0 Å². The Morgan fingerprint density at radius 1 is 1.17 bits per heavy atom. The van der Waals surface area contributed by atoms with Crippen LogP contribution in [0.15, 0.2) is 57.5 Å². The summed E-state index contributed by atoms with van der Waals surface area (Å²) < 4.78 is 6.12. The van der Waals surface area contributed by atoms with Crippen molar-refractivity contribution in [3.63, 3.8) is 0 Å². The van der Waals surface area contributed by atoms with Gasteiger partial charge in [0, 0.05) is 15.6 Å². The molecule has 3 rings (SSSR count). The Morgan fingerprint density at radius 3 is 2.65 bits per heavy atom. The lowest BCUT2D eigenvalue weighted by molar-refractivity contribution is 0.0946. The molecule has 0 unspecified atom stereocenters. The number of amides is 1. The molecule has 0 aliphatic carbocycles. The molecule has 0 saturated heterocycles. The summed E-state index contributed by atoms with van der Waals surface area (Å²) in [5, 5.41) is 6.73. The van der Waals surface area contributed by atoms with Gasteiger partial charge in [0.2, 0.25) is 11.7 Å². The molecule has 0 saturated carbocycles. The molecule has 0 radical (unpaired) electrons. The smallest absolute Gasteiger partial charge is 0.251 e. The molecular weight excluding hydrogens is 358 g/mol. The number of hydrogen-bond acceptors (Lipinski definition) is 4. The van der Waals surface area contributed by atoms with Gasteiger partial charge in [-0.15, -0.1) is 0 Å². The first-order valence-electron chi connectivity index (χ1n) is 7.06. The average Bonchev–Trinajstić information content (AvgIpc) is 3.02. The fraction of sp³-hybridized carbons (Fsp3) is 0.118. The highest BCUT2D eigenvalue weighted by molar-refractivity contribution is 9.10. The van der Waals surface area contributed by atoms with Crippen LogP contribution < -0.4 is 5.32 Å². The van der Waals surface area contributed by atoms with Gasteiger partial charge in [-0.2, -0.15) is 4.98 Å². The second kappa shape index (κ2) is 6.75. The number of aryl methyl sites for hydroxylation is 1. The minimum Gasteiger partial charge on any atom is -0.343 e. The van der Waals surface area contributed by atoms with E-state index < -0.39 is 0 Å². The molecule has 2 aromatic carbocycles. The van der Waals surface area contributed by atoms with Crippen LogP contribution in [0.5, 0.6) is 0 Å². The van der Waals surface area contributed by atoms with Crippen LogP contribution >= 0.6 is 15.9 Å². The molecule has 1 N–H and O–H groups in total. The fourth-order valence-corrected chi connectivity index (χ4v) is 2.38. The van der Waals surface area contributed by atoms with E-state index in [1.165, 1.54) is 0 Å².